The molecule has 1 aliphatic heterocycles. The molecule has 0 saturated heterocycles. The topological polar surface area (TPSA) is 70.2 Å². The van der Waals surface area contributed by atoms with Gasteiger partial charge in [0.25, 0.3) is 0 Å². The average Bonchev–Trinajstić information content (AvgIpc) is 2.55. The zero-order chi connectivity index (χ0) is 17.4. The Kier molecular flexibility index (Phi) is 7.00. The van der Waals surface area contributed by atoms with Gasteiger partial charge < -0.3 is 16.0 Å². The number of benzene rings is 1. The largest absolute Gasteiger partial charge is 0.353 e. The van der Waals surface area contributed by atoms with Crippen molar-refractivity contribution in [3.05, 3.63) is 47.5 Å². The van der Waals surface area contributed by atoms with Crippen LogP contribution in [-0.4, -0.2) is 37.5 Å². The first-order chi connectivity index (χ1) is 11.6. The summed E-state index contributed by atoms with van der Waals surface area (Å²) in [4.78, 5) is 24.3. The molecule has 3 N–H and O–H groups in total. The van der Waals surface area contributed by atoms with E-state index in [9.17, 15) is 9.59 Å². The molecule has 2 atom stereocenters. The van der Waals surface area contributed by atoms with Gasteiger partial charge in [-0.15, -0.1) is 0 Å². The molecule has 5 nitrogen and oxygen atoms in total. The number of hydrogen-bond acceptors (Lipinski definition) is 3. The quantitative estimate of drug-likeness (QED) is 0.786. The van der Waals surface area contributed by atoms with Crippen molar-refractivity contribution in [2.75, 3.05) is 13.6 Å². The van der Waals surface area contributed by atoms with E-state index in [0.29, 0.717) is 13.0 Å². The Balaban J connectivity index is 2.15. The Labute approximate surface area is 143 Å². The first-order valence-corrected chi connectivity index (χ1v) is 8.57. The molecule has 1 aromatic rings. The maximum Gasteiger partial charge on any atom is 0.243 e. The maximum absolute atomic E-state index is 12.5. The standard InChI is InChI=1S/C19H27N3O2/c1-14-6-5-7-15(12-14)13-16-9-10-18(23)21-11-4-3-8-17(20-2)19(24)22-16/h5-7,9-10,12,16-17,20H,3-4,8,11,13H2,1-2H3,(H,21,23)(H,22,24)/b10-9+/t16-,17+/m1/s1. The molecule has 1 aliphatic rings. The second-order valence-corrected chi connectivity index (χ2v) is 6.30. The Morgan fingerprint density at radius 3 is 2.83 bits per heavy atom. The highest BCUT2D eigenvalue weighted by atomic mass is 16.2. The molecule has 0 saturated carbocycles. The lowest BCUT2D eigenvalue weighted by molar-refractivity contribution is -0.123. The molecule has 0 fully saturated rings. The van der Waals surface area contributed by atoms with Crippen LogP contribution in [0.5, 0.6) is 0 Å². The number of carbonyl (C=O) groups excluding carboxylic acids is 2. The summed E-state index contributed by atoms with van der Waals surface area (Å²) in [6.07, 6.45) is 6.50. The van der Waals surface area contributed by atoms with Crippen molar-refractivity contribution in [1.29, 1.82) is 0 Å². The van der Waals surface area contributed by atoms with Crippen molar-refractivity contribution in [3.63, 3.8) is 0 Å². The third kappa shape index (κ3) is 5.81. The molecule has 0 unspecified atom stereocenters. The van der Waals surface area contributed by atoms with E-state index in [0.717, 1.165) is 24.8 Å². The first kappa shape index (κ1) is 18.2. The van der Waals surface area contributed by atoms with Gasteiger partial charge in [0.05, 0.1) is 12.1 Å². The van der Waals surface area contributed by atoms with Gasteiger partial charge >= 0.3 is 0 Å². The molecule has 5 heteroatoms. The number of likely N-dealkylation sites (N-methyl/N-ethyl adjacent to an activating group) is 1. The minimum absolute atomic E-state index is 0.0132. The molecule has 0 aliphatic carbocycles. The molecular formula is C19H27N3O2. The fourth-order valence-corrected chi connectivity index (χ4v) is 2.90. The van der Waals surface area contributed by atoms with Gasteiger partial charge in [0.1, 0.15) is 0 Å². The lowest BCUT2D eigenvalue weighted by atomic mass is 10.0. The van der Waals surface area contributed by atoms with Crippen molar-refractivity contribution in [2.45, 2.75) is 44.7 Å². The smallest absolute Gasteiger partial charge is 0.243 e. The highest BCUT2D eigenvalue weighted by Crippen LogP contribution is 2.09. The molecule has 0 radical (unpaired) electrons. The van der Waals surface area contributed by atoms with Crippen molar-refractivity contribution >= 4 is 11.8 Å². The van der Waals surface area contributed by atoms with Gasteiger partial charge in [-0.1, -0.05) is 35.9 Å². The van der Waals surface area contributed by atoms with Gasteiger partial charge in [-0.3, -0.25) is 9.59 Å². The molecule has 2 amide bonds. The Hall–Kier alpha value is -2.14. The summed E-state index contributed by atoms with van der Waals surface area (Å²) >= 11 is 0. The highest BCUT2D eigenvalue weighted by Gasteiger charge is 2.19. The second kappa shape index (κ2) is 9.23. The van der Waals surface area contributed by atoms with Gasteiger partial charge in [-0.05, 0) is 45.2 Å². The van der Waals surface area contributed by atoms with Crippen LogP contribution in [0, 0.1) is 6.92 Å². The molecule has 130 valence electrons. The molecule has 1 heterocycles. The van der Waals surface area contributed by atoms with E-state index < -0.39 is 0 Å². The summed E-state index contributed by atoms with van der Waals surface area (Å²) < 4.78 is 0. The van der Waals surface area contributed by atoms with Crippen molar-refractivity contribution in [3.8, 4) is 0 Å². The van der Waals surface area contributed by atoms with Crippen LogP contribution in [0.4, 0.5) is 0 Å². The number of amides is 2. The summed E-state index contributed by atoms with van der Waals surface area (Å²) in [6.45, 7) is 2.69. The predicted octanol–water partition coefficient (Wildman–Crippen LogP) is 1.47. The number of aryl methyl sites for hydroxylation is 1. The summed E-state index contributed by atoms with van der Waals surface area (Å²) in [5, 5.41) is 9.02. The van der Waals surface area contributed by atoms with E-state index in [1.165, 1.54) is 11.6 Å². The molecule has 0 aromatic heterocycles. The van der Waals surface area contributed by atoms with Gasteiger partial charge in [0.15, 0.2) is 0 Å². The van der Waals surface area contributed by atoms with E-state index in [2.05, 4.69) is 22.0 Å². The zero-order valence-electron chi connectivity index (χ0n) is 14.5. The van der Waals surface area contributed by atoms with Crippen LogP contribution >= 0.6 is 0 Å². The van der Waals surface area contributed by atoms with Crippen LogP contribution in [0.25, 0.3) is 0 Å². The third-order valence-corrected chi connectivity index (χ3v) is 4.23. The molecule has 1 aromatic carbocycles. The third-order valence-electron chi connectivity index (χ3n) is 4.23. The molecule has 2 rings (SSSR count). The SMILES string of the molecule is CN[C@H]1CCCCNC(=O)/C=C/[C@H](Cc2cccc(C)c2)NC1=O. The van der Waals surface area contributed by atoms with Crippen LogP contribution in [0.1, 0.15) is 30.4 Å². The Bertz CT molecular complexity index is 598. The van der Waals surface area contributed by atoms with E-state index in [1.807, 2.05) is 32.2 Å². The minimum Gasteiger partial charge on any atom is -0.353 e. The highest BCUT2D eigenvalue weighted by molar-refractivity contribution is 5.88. The van der Waals surface area contributed by atoms with Crippen molar-refractivity contribution in [1.82, 2.24) is 16.0 Å². The summed E-state index contributed by atoms with van der Waals surface area (Å²) in [7, 11) is 1.81. The molecular weight excluding hydrogens is 302 g/mol. The van der Waals surface area contributed by atoms with E-state index in [-0.39, 0.29) is 23.9 Å². The monoisotopic (exact) mass is 329 g/mol. The van der Waals surface area contributed by atoms with Gasteiger partial charge in [-0.2, -0.15) is 0 Å². The van der Waals surface area contributed by atoms with Crippen LogP contribution < -0.4 is 16.0 Å². The fraction of sp³-hybridized carbons (Fsp3) is 0.474. The second-order valence-electron chi connectivity index (χ2n) is 6.30. The fourth-order valence-electron chi connectivity index (χ4n) is 2.90. The number of rotatable bonds is 3. The average molecular weight is 329 g/mol. The van der Waals surface area contributed by atoms with Crippen LogP contribution in [0.3, 0.4) is 0 Å². The van der Waals surface area contributed by atoms with Crippen LogP contribution in [0.2, 0.25) is 0 Å². The first-order valence-electron chi connectivity index (χ1n) is 8.57. The van der Waals surface area contributed by atoms with Gasteiger partial charge in [-0.25, -0.2) is 0 Å². The molecule has 0 spiro atoms. The minimum atomic E-state index is -0.208. The molecule has 0 bridgehead atoms. The van der Waals surface area contributed by atoms with Crippen molar-refractivity contribution in [2.24, 2.45) is 0 Å². The number of hydrogen-bond donors (Lipinski definition) is 3. The summed E-state index contributed by atoms with van der Waals surface area (Å²) in [5.41, 5.74) is 2.32. The maximum atomic E-state index is 12.5. The number of nitrogens with one attached hydrogen (secondary N) is 3. The predicted molar refractivity (Wildman–Crippen MR) is 95.7 cm³/mol. The summed E-state index contributed by atoms with van der Waals surface area (Å²) in [6, 6.07) is 7.79. The molecule has 24 heavy (non-hydrogen) atoms. The normalized spacial score (nSPS) is 24.2. The van der Waals surface area contributed by atoms with Crippen molar-refractivity contribution < 1.29 is 9.59 Å². The van der Waals surface area contributed by atoms with E-state index >= 15 is 0 Å². The number of carbonyl (C=O) groups is 2. The Morgan fingerprint density at radius 2 is 2.08 bits per heavy atom. The van der Waals surface area contributed by atoms with Gasteiger partial charge in [0.2, 0.25) is 11.8 Å². The van der Waals surface area contributed by atoms with Crippen LogP contribution in [0.15, 0.2) is 36.4 Å². The summed E-state index contributed by atoms with van der Waals surface area (Å²) in [5.74, 6) is -0.120. The lowest BCUT2D eigenvalue weighted by Gasteiger charge is -2.21. The Morgan fingerprint density at radius 1 is 1.25 bits per heavy atom. The lowest BCUT2D eigenvalue weighted by Crippen LogP contribution is -2.47. The van der Waals surface area contributed by atoms with E-state index in [4.69, 9.17) is 0 Å². The van der Waals surface area contributed by atoms with E-state index in [1.54, 1.807) is 6.08 Å². The van der Waals surface area contributed by atoms with Gasteiger partial charge in [0, 0.05) is 12.6 Å². The zero-order valence-corrected chi connectivity index (χ0v) is 14.5. The van der Waals surface area contributed by atoms with Crippen LogP contribution in [-0.2, 0) is 16.0 Å².